The van der Waals surface area contributed by atoms with E-state index in [1.165, 1.54) is 24.3 Å². The quantitative estimate of drug-likeness (QED) is 0.213. The molecule has 1 rings (SSSR count). The number of carbonyl (C=O) groups is 2. The lowest BCUT2D eigenvalue weighted by Gasteiger charge is -2.14. The molecule has 0 spiro atoms. The molecule has 0 aromatic heterocycles. The van der Waals surface area contributed by atoms with Crippen molar-refractivity contribution < 1.29 is 19.1 Å². The highest BCUT2D eigenvalue weighted by Crippen LogP contribution is 2.11. The van der Waals surface area contributed by atoms with E-state index in [0.717, 1.165) is 0 Å². The highest BCUT2D eigenvalue weighted by atomic mass is 16.5. The van der Waals surface area contributed by atoms with Gasteiger partial charge in [0, 0.05) is 19.6 Å². The van der Waals surface area contributed by atoms with E-state index < -0.39 is 24.1 Å². The first kappa shape index (κ1) is 23.4. The Morgan fingerprint density at radius 2 is 0.933 bits per heavy atom. The Labute approximate surface area is 167 Å². The standard InChI is InChI=1S/C14H14N12O4/c15-23-19-5-11(6-20-24-16)29-13(27)9-1-2-10(4-3-9)14(28)30-12(7-21-25-17)8-22-26-18/h1-4,11-12H,5-8H2. The monoisotopic (exact) mass is 414 g/mol. The van der Waals surface area contributed by atoms with Crippen molar-refractivity contribution in [1.82, 2.24) is 0 Å². The molecule has 0 amide bonds. The molecule has 0 aliphatic heterocycles. The van der Waals surface area contributed by atoms with E-state index in [-0.39, 0.29) is 37.3 Å². The van der Waals surface area contributed by atoms with Gasteiger partial charge in [-0.1, -0.05) is 20.5 Å². The zero-order chi connectivity index (χ0) is 22.2. The van der Waals surface area contributed by atoms with E-state index in [2.05, 4.69) is 40.1 Å². The largest absolute Gasteiger partial charge is 0.459 e. The van der Waals surface area contributed by atoms with Crippen LogP contribution in [0.15, 0.2) is 44.7 Å². The minimum Gasteiger partial charge on any atom is -0.459 e. The van der Waals surface area contributed by atoms with Gasteiger partial charge < -0.3 is 9.47 Å². The molecule has 0 aliphatic rings. The summed E-state index contributed by atoms with van der Waals surface area (Å²) in [7, 11) is 0. The maximum Gasteiger partial charge on any atom is 0.338 e. The number of benzene rings is 1. The third-order valence-corrected chi connectivity index (χ3v) is 3.30. The van der Waals surface area contributed by atoms with Crippen LogP contribution >= 0.6 is 0 Å². The van der Waals surface area contributed by atoms with Crippen LogP contribution in [-0.4, -0.2) is 50.3 Å². The van der Waals surface area contributed by atoms with Gasteiger partial charge in [-0.2, -0.15) is 0 Å². The molecule has 16 nitrogen and oxygen atoms in total. The van der Waals surface area contributed by atoms with E-state index in [0.29, 0.717) is 0 Å². The number of carbonyl (C=O) groups excluding carboxylic acids is 2. The number of rotatable bonds is 12. The lowest BCUT2D eigenvalue weighted by molar-refractivity contribution is 0.0324. The van der Waals surface area contributed by atoms with Gasteiger partial charge in [0.25, 0.3) is 0 Å². The number of hydrogen-bond donors (Lipinski definition) is 0. The first-order chi connectivity index (χ1) is 14.5. The first-order valence-electron chi connectivity index (χ1n) is 8.11. The Morgan fingerprint density at radius 1 is 0.667 bits per heavy atom. The van der Waals surface area contributed by atoms with Gasteiger partial charge >= 0.3 is 11.9 Å². The zero-order valence-electron chi connectivity index (χ0n) is 15.3. The summed E-state index contributed by atoms with van der Waals surface area (Å²) in [5.74, 6) is -1.57. The average molecular weight is 414 g/mol. The summed E-state index contributed by atoms with van der Waals surface area (Å²) in [6, 6.07) is 5.19. The summed E-state index contributed by atoms with van der Waals surface area (Å²) < 4.78 is 10.2. The molecule has 16 heteroatoms. The third-order valence-electron chi connectivity index (χ3n) is 3.30. The first-order valence-corrected chi connectivity index (χ1v) is 8.11. The normalized spacial score (nSPS) is 11.2. The Kier molecular flexibility index (Phi) is 10.6. The molecule has 0 fully saturated rings. The van der Waals surface area contributed by atoms with Gasteiger partial charge in [0.15, 0.2) is 0 Å². The molecule has 0 N–H and O–H groups in total. The van der Waals surface area contributed by atoms with Gasteiger partial charge in [0.1, 0.15) is 12.2 Å². The summed E-state index contributed by atoms with van der Waals surface area (Å²) in [5, 5.41) is 13.1. The Bertz CT molecular complexity index is 821. The number of esters is 2. The summed E-state index contributed by atoms with van der Waals surface area (Å²) in [4.78, 5) is 34.6. The Hall–Kier alpha value is -4.60. The van der Waals surface area contributed by atoms with Gasteiger partial charge in [-0.05, 0) is 46.4 Å². The fraction of sp³-hybridized carbons (Fsp3) is 0.429. The smallest absolute Gasteiger partial charge is 0.338 e. The summed E-state index contributed by atoms with van der Waals surface area (Å²) in [6.07, 6.45) is -1.90. The van der Waals surface area contributed by atoms with Crippen molar-refractivity contribution in [3.05, 3.63) is 77.2 Å². The van der Waals surface area contributed by atoms with Crippen LogP contribution < -0.4 is 0 Å². The maximum absolute atomic E-state index is 12.2. The fourth-order valence-corrected chi connectivity index (χ4v) is 1.96. The second-order valence-electron chi connectivity index (χ2n) is 5.29. The number of nitrogens with zero attached hydrogens (tertiary/aromatic N) is 12. The fourth-order valence-electron chi connectivity index (χ4n) is 1.96. The molecule has 1 aromatic carbocycles. The third kappa shape index (κ3) is 8.39. The highest BCUT2D eigenvalue weighted by Gasteiger charge is 2.18. The minimum absolute atomic E-state index is 0.0816. The zero-order valence-corrected chi connectivity index (χ0v) is 15.3. The van der Waals surface area contributed by atoms with Crippen LogP contribution in [0.5, 0.6) is 0 Å². The van der Waals surface area contributed by atoms with Crippen LogP contribution in [0.4, 0.5) is 0 Å². The van der Waals surface area contributed by atoms with Gasteiger partial charge in [0.2, 0.25) is 0 Å². The van der Waals surface area contributed by atoms with E-state index in [9.17, 15) is 9.59 Å². The molecule has 0 saturated heterocycles. The average Bonchev–Trinajstić information content (AvgIpc) is 2.77. The molecule has 154 valence electrons. The van der Waals surface area contributed by atoms with Crippen molar-refractivity contribution >= 4 is 11.9 Å². The van der Waals surface area contributed by atoms with Gasteiger partial charge in [0.05, 0.1) is 37.3 Å². The van der Waals surface area contributed by atoms with Gasteiger partial charge in [-0.15, -0.1) is 0 Å². The van der Waals surface area contributed by atoms with Crippen molar-refractivity contribution in [2.75, 3.05) is 26.2 Å². The summed E-state index contributed by atoms with van der Waals surface area (Å²) >= 11 is 0. The molecule has 1 aromatic rings. The van der Waals surface area contributed by atoms with Crippen molar-refractivity contribution in [2.24, 2.45) is 20.5 Å². The molecule has 0 aliphatic carbocycles. The lowest BCUT2D eigenvalue weighted by Crippen LogP contribution is -2.25. The van der Waals surface area contributed by atoms with Crippen LogP contribution in [0, 0.1) is 0 Å². The molecular formula is C14H14N12O4. The van der Waals surface area contributed by atoms with Crippen LogP contribution in [0.3, 0.4) is 0 Å². The molecule has 0 unspecified atom stereocenters. The van der Waals surface area contributed by atoms with Crippen molar-refractivity contribution in [3.8, 4) is 0 Å². The molecule has 0 bridgehead atoms. The number of azide groups is 4. The van der Waals surface area contributed by atoms with E-state index in [4.69, 9.17) is 31.6 Å². The second-order valence-corrected chi connectivity index (χ2v) is 5.29. The van der Waals surface area contributed by atoms with Crippen LogP contribution in [-0.2, 0) is 9.47 Å². The molecule has 30 heavy (non-hydrogen) atoms. The van der Waals surface area contributed by atoms with Crippen molar-refractivity contribution in [1.29, 1.82) is 0 Å². The molecule has 0 radical (unpaired) electrons. The Balaban J connectivity index is 2.81. The maximum atomic E-state index is 12.2. The summed E-state index contributed by atoms with van der Waals surface area (Å²) in [5.41, 5.74) is 33.6. The van der Waals surface area contributed by atoms with E-state index in [1.54, 1.807) is 0 Å². The van der Waals surface area contributed by atoms with Crippen LogP contribution in [0.2, 0.25) is 0 Å². The van der Waals surface area contributed by atoms with Gasteiger partial charge in [-0.3, -0.25) is 0 Å². The van der Waals surface area contributed by atoms with Crippen molar-refractivity contribution in [3.63, 3.8) is 0 Å². The molecule has 0 atom stereocenters. The van der Waals surface area contributed by atoms with Crippen molar-refractivity contribution in [2.45, 2.75) is 12.2 Å². The topological polar surface area (TPSA) is 248 Å². The predicted octanol–water partition coefficient (Wildman–Crippen LogP) is 3.98. The SMILES string of the molecule is [N-]=[N+]=NCC(CN=[N+]=[N-])OC(=O)c1ccc(C(=O)OC(CN=[N+]=[N-])CN=[N+]=[N-])cc1. The predicted molar refractivity (Wildman–Crippen MR) is 101 cm³/mol. The van der Waals surface area contributed by atoms with Crippen LogP contribution in [0.25, 0.3) is 41.8 Å². The molecule has 0 heterocycles. The lowest BCUT2D eigenvalue weighted by atomic mass is 10.1. The molecule has 0 saturated carbocycles. The summed E-state index contributed by atoms with van der Waals surface area (Å²) in [6.45, 7) is -0.875. The van der Waals surface area contributed by atoms with E-state index >= 15 is 0 Å². The molecular weight excluding hydrogens is 400 g/mol. The minimum atomic E-state index is -0.948. The van der Waals surface area contributed by atoms with Crippen LogP contribution in [0.1, 0.15) is 20.7 Å². The highest BCUT2D eigenvalue weighted by molar-refractivity contribution is 5.93. The second kappa shape index (κ2) is 13.6. The van der Waals surface area contributed by atoms with E-state index in [1.807, 2.05) is 0 Å². The Morgan fingerprint density at radius 3 is 1.17 bits per heavy atom. The number of hydrogen-bond acceptors (Lipinski definition) is 8. The van der Waals surface area contributed by atoms with Gasteiger partial charge in [-0.25, -0.2) is 9.59 Å². The number of ether oxygens (including phenoxy) is 2.